The van der Waals surface area contributed by atoms with Gasteiger partial charge in [-0.1, -0.05) is 39.0 Å². The number of carbonyl (C=O) groups excluding carboxylic acids is 1. The number of ether oxygens (including phenoxy) is 1. The third-order valence-electron chi connectivity index (χ3n) is 2.53. The fraction of sp³-hybridized carbons (Fsp3) is 0.692. The molecule has 0 amide bonds. The second kappa shape index (κ2) is 9.23. The molecular formula is C13H18F3NO3. The number of esters is 1. The van der Waals surface area contributed by atoms with Gasteiger partial charge in [0.2, 0.25) is 5.76 Å². The highest BCUT2D eigenvalue weighted by atomic mass is 19.4. The summed E-state index contributed by atoms with van der Waals surface area (Å²) in [4.78, 5) is 13.6. The molecule has 0 aliphatic carbocycles. The lowest BCUT2D eigenvalue weighted by atomic mass is 10.1. The number of hydrogen-bond donors (Lipinski definition) is 1. The van der Waals surface area contributed by atoms with Gasteiger partial charge in [-0.15, -0.1) is 0 Å². The predicted molar refractivity (Wildman–Crippen MR) is 66.6 cm³/mol. The molecule has 0 aliphatic heterocycles. The van der Waals surface area contributed by atoms with Crippen molar-refractivity contribution in [2.24, 2.45) is 0 Å². The monoisotopic (exact) mass is 293 g/mol. The fourth-order valence-electron chi connectivity index (χ4n) is 1.45. The number of aliphatic hydroxyl groups is 1. The van der Waals surface area contributed by atoms with Crippen LogP contribution in [0.2, 0.25) is 0 Å². The van der Waals surface area contributed by atoms with Crippen molar-refractivity contribution in [2.75, 3.05) is 6.61 Å². The van der Waals surface area contributed by atoms with Crippen LogP contribution in [0.15, 0.2) is 11.5 Å². The van der Waals surface area contributed by atoms with Gasteiger partial charge >= 0.3 is 17.8 Å². The van der Waals surface area contributed by atoms with Gasteiger partial charge in [-0.2, -0.15) is 13.2 Å². The molecule has 20 heavy (non-hydrogen) atoms. The van der Waals surface area contributed by atoms with Crippen molar-refractivity contribution in [1.82, 2.24) is 0 Å². The molecule has 0 spiro atoms. The van der Waals surface area contributed by atoms with Gasteiger partial charge in [0.15, 0.2) is 0 Å². The van der Waals surface area contributed by atoms with E-state index in [1.165, 1.54) is 0 Å². The summed E-state index contributed by atoms with van der Waals surface area (Å²) in [6, 6.07) is 0. The van der Waals surface area contributed by atoms with E-state index in [1.807, 2.05) is 0 Å². The van der Waals surface area contributed by atoms with Gasteiger partial charge in [0, 0.05) is 0 Å². The largest absolute Gasteiger partial charge is 0.515 e. The standard InChI is InChI=1S/C13H18F3NO3/c1-3-4-5-6-7-8-9-20-12(19)10(17-2)11(18)13(14,15)16/h18H,3-9H2,1H3/b11-10+. The highest BCUT2D eigenvalue weighted by Gasteiger charge is 2.39. The van der Waals surface area contributed by atoms with Crippen LogP contribution >= 0.6 is 0 Å². The first-order valence-electron chi connectivity index (χ1n) is 6.39. The Hall–Kier alpha value is -1.71. The summed E-state index contributed by atoms with van der Waals surface area (Å²) in [7, 11) is 0. The molecule has 4 nitrogen and oxygen atoms in total. The normalized spacial score (nSPS) is 12.6. The van der Waals surface area contributed by atoms with E-state index in [-0.39, 0.29) is 6.61 Å². The lowest BCUT2D eigenvalue weighted by Crippen LogP contribution is -2.18. The van der Waals surface area contributed by atoms with Crippen molar-refractivity contribution >= 4 is 5.97 Å². The lowest BCUT2D eigenvalue weighted by Gasteiger charge is -2.08. The number of aliphatic hydroxyl groups excluding tert-OH is 1. The van der Waals surface area contributed by atoms with E-state index < -0.39 is 23.6 Å². The molecule has 0 aliphatic rings. The average Bonchev–Trinajstić information content (AvgIpc) is 2.37. The Kier molecular flexibility index (Phi) is 8.45. The van der Waals surface area contributed by atoms with E-state index in [1.54, 1.807) is 0 Å². The molecule has 0 aromatic carbocycles. The SMILES string of the molecule is [C-]#[N+]/C(C(=O)OCCCCCCCC)=C(/O)C(F)(F)F. The van der Waals surface area contributed by atoms with Crippen LogP contribution in [-0.2, 0) is 9.53 Å². The maximum Gasteiger partial charge on any atom is 0.438 e. The molecule has 7 heteroatoms. The van der Waals surface area contributed by atoms with Crippen LogP contribution in [0.4, 0.5) is 13.2 Å². The van der Waals surface area contributed by atoms with Crippen molar-refractivity contribution in [3.63, 3.8) is 0 Å². The van der Waals surface area contributed by atoms with E-state index in [0.29, 0.717) is 6.42 Å². The highest BCUT2D eigenvalue weighted by molar-refractivity contribution is 5.91. The first-order valence-corrected chi connectivity index (χ1v) is 6.39. The van der Waals surface area contributed by atoms with E-state index in [2.05, 4.69) is 16.5 Å². The summed E-state index contributed by atoms with van der Waals surface area (Å²) in [6.45, 7) is 8.52. The minimum atomic E-state index is -5.13. The summed E-state index contributed by atoms with van der Waals surface area (Å²) in [5.74, 6) is -3.65. The smallest absolute Gasteiger partial charge is 0.438 e. The third-order valence-corrected chi connectivity index (χ3v) is 2.53. The molecule has 1 N–H and O–H groups in total. The molecule has 0 saturated carbocycles. The van der Waals surface area contributed by atoms with Gasteiger partial charge in [-0.3, -0.25) is 4.79 Å². The minimum Gasteiger partial charge on any atom is -0.515 e. The van der Waals surface area contributed by atoms with Crippen LogP contribution in [0.5, 0.6) is 0 Å². The van der Waals surface area contributed by atoms with Crippen LogP contribution in [0.25, 0.3) is 4.85 Å². The lowest BCUT2D eigenvalue weighted by molar-refractivity contribution is -0.142. The number of alkyl halides is 3. The summed E-state index contributed by atoms with van der Waals surface area (Å²) < 4.78 is 41.0. The van der Waals surface area contributed by atoms with Crippen molar-refractivity contribution in [2.45, 2.75) is 51.6 Å². The quantitative estimate of drug-likeness (QED) is 0.240. The van der Waals surface area contributed by atoms with Gasteiger partial charge in [0.05, 0.1) is 13.2 Å². The topological polar surface area (TPSA) is 50.9 Å². The Labute approximate surface area is 116 Å². The average molecular weight is 293 g/mol. The zero-order valence-corrected chi connectivity index (χ0v) is 11.3. The summed E-state index contributed by atoms with van der Waals surface area (Å²) in [6.07, 6.45) is 0.439. The molecule has 0 atom stereocenters. The zero-order chi connectivity index (χ0) is 15.6. The summed E-state index contributed by atoms with van der Waals surface area (Å²) in [5, 5.41) is 8.76. The number of hydrogen-bond acceptors (Lipinski definition) is 3. The number of halogens is 3. The molecule has 0 rings (SSSR count). The van der Waals surface area contributed by atoms with Crippen LogP contribution in [-0.4, -0.2) is 23.9 Å². The molecule has 0 aromatic heterocycles. The predicted octanol–water partition coefficient (Wildman–Crippen LogP) is 4.14. The minimum absolute atomic E-state index is 0.0604. The van der Waals surface area contributed by atoms with Crippen molar-refractivity contribution in [1.29, 1.82) is 0 Å². The van der Waals surface area contributed by atoms with E-state index >= 15 is 0 Å². The highest BCUT2D eigenvalue weighted by Crippen LogP contribution is 2.27. The number of rotatable bonds is 8. The molecule has 0 radical (unpaired) electrons. The number of unbranched alkanes of at least 4 members (excludes halogenated alkanes) is 5. The zero-order valence-electron chi connectivity index (χ0n) is 11.3. The maximum atomic E-state index is 12.1. The van der Waals surface area contributed by atoms with Crippen LogP contribution in [0.3, 0.4) is 0 Å². The fourth-order valence-corrected chi connectivity index (χ4v) is 1.45. The van der Waals surface area contributed by atoms with Crippen LogP contribution < -0.4 is 0 Å². The van der Waals surface area contributed by atoms with Crippen LogP contribution in [0.1, 0.15) is 45.4 Å². The first kappa shape index (κ1) is 18.3. The van der Waals surface area contributed by atoms with Crippen molar-refractivity contribution < 1.29 is 27.8 Å². The van der Waals surface area contributed by atoms with Crippen LogP contribution in [0, 0.1) is 6.57 Å². The number of carbonyl (C=O) groups is 1. The molecular weight excluding hydrogens is 275 g/mol. The number of nitrogens with zero attached hydrogens (tertiary/aromatic N) is 1. The van der Waals surface area contributed by atoms with E-state index in [9.17, 15) is 18.0 Å². The molecule has 0 heterocycles. The van der Waals surface area contributed by atoms with Gasteiger partial charge in [-0.25, -0.2) is 4.85 Å². The van der Waals surface area contributed by atoms with Gasteiger partial charge in [-0.05, 0) is 6.42 Å². The summed E-state index contributed by atoms with van der Waals surface area (Å²) >= 11 is 0. The van der Waals surface area contributed by atoms with Gasteiger partial charge in [0.25, 0.3) is 0 Å². The summed E-state index contributed by atoms with van der Waals surface area (Å²) in [5.41, 5.74) is -1.43. The Morgan fingerprint density at radius 1 is 1.20 bits per heavy atom. The molecule has 0 fully saturated rings. The second-order valence-corrected chi connectivity index (χ2v) is 4.21. The molecule has 0 aromatic rings. The Morgan fingerprint density at radius 3 is 2.25 bits per heavy atom. The van der Waals surface area contributed by atoms with Gasteiger partial charge < -0.3 is 9.84 Å². The maximum absolute atomic E-state index is 12.1. The van der Waals surface area contributed by atoms with Crippen molar-refractivity contribution in [3.8, 4) is 0 Å². The first-order chi connectivity index (χ1) is 9.34. The Bertz CT molecular complexity index is 383. The second-order valence-electron chi connectivity index (χ2n) is 4.21. The van der Waals surface area contributed by atoms with Crippen molar-refractivity contribution in [3.05, 3.63) is 22.9 Å². The van der Waals surface area contributed by atoms with E-state index in [0.717, 1.165) is 32.1 Å². The molecule has 0 saturated heterocycles. The van der Waals surface area contributed by atoms with Gasteiger partial charge in [0.1, 0.15) is 0 Å². The third kappa shape index (κ3) is 7.02. The molecule has 0 bridgehead atoms. The molecule has 0 unspecified atom stereocenters. The van der Waals surface area contributed by atoms with E-state index in [4.69, 9.17) is 11.7 Å². The Balaban J connectivity index is 4.17. The number of allylic oxidation sites excluding steroid dienone is 1. The Morgan fingerprint density at radius 2 is 1.75 bits per heavy atom. The molecule has 114 valence electrons.